The monoisotopic (exact) mass is 406 g/mol. The highest BCUT2D eigenvalue weighted by Crippen LogP contribution is 2.25. The highest BCUT2D eigenvalue weighted by molar-refractivity contribution is 9.10. The number of fused-ring (bicyclic) bond motifs is 1. The van der Waals surface area contributed by atoms with Gasteiger partial charge in [0.05, 0.1) is 17.3 Å². The molecule has 26 heavy (non-hydrogen) atoms. The quantitative estimate of drug-likeness (QED) is 0.507. The first-order chi connectivity index (χ1) is 12.7. The summed E-state index contributed by atoms with van der Waals surface area (Å²) in [6.07, 6.45) is 1.60. The number of halogens is 1. The van der Waals surface area contributed by atoms with Gasteiger partial charge in [0.25, 0.3) is 5.91 Å². The summed E-state index contributed by atoms with van der Waals surface area (Å²) in [5.41, 5.74) is 3.02. The van der Waals surface area contributed by atoms with Crippen molar-refractivity contribution in [3.8, 4) is 11.5 Å². The first-order valence-corrected chi connectivity index (χ1v) is 8.96. The van der Waals surface area contributed by atoms with Gasteiger partial charge in [0.1, 0.15) is 5.69 Å². The molecule has 0 bridgehead atoms. The summed E-state index contributed by atoms with van der Waals surface area (Å²) in [6, 6.07) is 20.9. The fourth-order valence-corrected chi connectivity index (χ4v) is 3.06. The van der Waals surface area contributed by atoms with Crippen LogP contribution in [0, 0.1) is 0 Å². The van der Waals surface area contributed by atoms with Crippen LogP contribution in [0.2, 0.25) is 0 Å². The van der Waals surface area contributed by atoms with Crippen molar-refractivity contribution in [1.82, 2.24) is 10.3 Å². The van der Waals surface area contributed by atoms with Crippen LogP contribution in [0.4, 0.5) is 0 Å². The molecule has 2 heterocycles. The second kappa shape index (κ2) is 7.14. The number of furan rings is 1. The summed E-state index contributed by atoms with van der Waals surface area (Å²) in [5.74, 6) is 0.497. The van der Waals surface area contributed by atoms with Gasteiger partial charge in [0.2, 0.25) is 0 Å². The molecule has 0 unspecified atom stereocenters. The van der Waals surface area contributed by atoms with Crippen molar-refractivity contribution < 1.29 is 9.21 Å². The Balaban J connectivity index is 1.67. The molecule has 0 saturated heterocycles. The molecule has 5 heteroatoms. The van der Waals surface area contributed by atoms with E-state index in [0.717, 1.165) is 20.9 Å². The Hall–Kier alpha value is -2.92. The SMILES string of the molecule is O=C(NCc1ccc(Br)cc1)c1cc(-c2ccco2)nc2ccccc12. The molecule has 1 amide bonds. The number of nitrogens with one attached hydrogen (secondary N) is 1. The Morgan fingerprint density at radius 2 is 1.85 bits per heavy atom. The topological polar surface area (TPSA) is 55.1 Å². The summed E-state index contributed by atoms with van der Waals surface area (Å²) in [7, 11) is 0. The second-order valence-electron chi connectivity index (χ2n) is 5.86. The molecule has 0 spiro atoms. The van der Waals surface area contributed by atoms with Gasteiger partial charge in [0.15, 0.2) is 5.76 Å². The summed E-state index contributed by atoms with van der Waals surface area (Å²) >= 11 is 3.41. The second-order valence-corrected chi connectivity index (χ2v) is 6.77. The molecule has 4 nitrogen and oxygen atoms in total. The van der Waals surface area contributed by atoms with Gasteiger partial charge in [-0.2, -0.15) is 0 Å². The molecule has 128 valence electrons. The highest BCUT2D eigenvalue weighted by atomic mass is 79.9. The smallest absolute Gasteiger partial charge is 0.252 e. The van der Waals surface area contributed by atoms with Gasteiger partial charge in [-0.3, -0.25) is 4.79 Å². The molecule has 4 aromatic rings. The summed E-state index contributed by atoms with van der Waals surface area (Å²) in [6.45, 7) is 0.457. The summed E-state index contributed by atoms with van der Waals surface area (Å²) < 4.78 is 6.46. The van der Waals surface area contributed by atoms with Crippen LogP contribution in [0.5, 0.6) is 0 Å². The lowest BCUT2D eigenvalue weighted by atomic mass is 10.1. The maximum atomic E-state index is 12.8. The molecular formula is C21H15BrN2O2. The number of hydrogen-bond acceptors (Lipinski definition) is 3. The van der Waals surface area contributed by atoms with Crippen LogP contribution < -0.4 is 5.32 Å². The Bertz CT molecular complexity index is 1060. The fraction of sp³-hybridized carbons (Fsp3) is 0.0476. The van der Waals surface area contributed by atoms with E-state index in [0.29, 0.717) is 23.6 Å². The van der Waals surface area contributed by atoms with Gasteiger partial charge in [0, 0.05) is 16.4 Å². The van der Waals surface area contributed by atoms with Crippen molar-refractivity contribution in [3.63, 3.8) is 0 Å². The minimum Gasteiger partial charge on any atom is -0.463 e. The van der Waals surface area contributed by atoms with Crippen LogP contribution in [0.1, 0.15) is 15.9 Å². The highest BCUT2D eigenvalue weighted by Gasteiger charge is 2.14. The number of aromatic nitrogens is 1. The van der Waals surface area contributed by atoms with Gasteiger partial charge in [-0.25, -0.2) is 4.98 Å². The minimum absolute atomic E-state index is 0.140. The van der Waals surface area contributed by atoms with Crippen molar-refractivity contribution in [2.75, 3.05) is 0 Å². The number of carbonyl (C=O) groups excluding carboxylic acids is 1. The Morgan fingerprint density at radius 1 is 1.04 bits per heavy atom. The van der Waals surface area contributed by atoms with Gasteiger partial charge in [-0.1, -0.05) is 46.3 Å². The third-order valence-corrected chi connectivity index (χ3v) is 4.63. The van der Waals surface area contributed by atoms with Crippen LogP contribution >= 0.6 is 15.9 Å². The lowest BCUT2D eigenvalue weighted by molar-refractivity contribution is 0.0952. The van der Waals surface area contributed by atoms with Crippen molar-refractivity contribution >= 4 is 32.7 Å². The Kier molecular flexibility index (Phi) is 4.54. The lowest BCUT2D eigenvalue weighted by Crippen LogP contribution is -2.23. The van der Waals surface area contributed by atoms with Crippen molar-refractivity contribution in [2.24, 2.45) is 0 Å². The zero-order valence-corrected chi connectivity index (χ0v) is 15.4. The van der Waals surface area contributed by atoms with E-state index in [4.69, 9.17) is 4.42 Å². The van der Waals surface area contributed by atoms with E-state index in [9.17, 15) is 4.79 Å². The molecule has 0 saturated carbocycles. The van der Waals surface area contributed by atoms with E-state index < -0.39 is 0 Å². The average molecular weight is 407 g/mol. The Morgan fingerprint density at radius 3 is 2.62 bits per heavy atom. The van der Waals surface area contributed by atoms with Crippen molar-refractivity contribution in [3.05, 3.63) is 88.6 Å². The third kappa shape index (κ3) is 3.39. The number of pyridine rings is 1. The third-order valence-electron chi connectivity index (χ3n) is 4.10. The fourth-order valence-electron chi connectivity index (χ4n) is 2.79. The first-order valence-electron chi connectivity index (χ1n) is 8.17. The van der Waals surface area contributed by atoms with Gasteiger partial charge < -0.3 is 9.73 Å². The van der Waals surface area contributed by atoms with Gasteiger partial charge in [-0.15, -0.1) is 0 Å². The molecule has 0 atom stereocenters. The number of carbonyl (C=O) groups is 1. The van der Waals surface area contributed by atoms with E-state index in [2.05, 4.69) is 26.2 Å². The van der Waals surface area contributed by atoms with Gasteiger partial charge >= 0.3 is 0 Å². The number of nitrogens with zero attached hydrogens (tertiary/aromatic N) is 1. The van der Waals surface area contributed by atoms with E-state index in [1.165, 1.54) is 0 Å². The van der Waals surface area contributed by atoms with Crippen molar-refractivity contribution in [1.29, 1.82) is 0 Å². The molecule has 0 aliphatic carbocycles. The minimum atomic E-state index is -0.140. The number of amides is 1. The molecule has 2 aromatic heterocycles. The summed E-state index contributed by atoms with van der Waals surface area (Å²) in [5, 5.41) is 3.80. The zero-order valence-electron chi connectivity index (χ0n) is 13.8. The van der Waals surface area contributed by atoms with Gasteiger partial charge in [-0.05, 0) is 42.0 Å². The largest absolute Gasteiger partial charge is 0.463 e. The predicted octanol–water partition coefficient (Wildman–Crippen LogP) is 5.19. The maximum absolute atomic E-state index is 12.8. The number of rotatable bonds is 4. The average Bonchev–Trinajstić information content (AvgIpc) is 3.21. The standard InChI is InChI=1S/C21H15BrN2O2/c22-15-9-7-14(8-10-15)13-23-21(25)17-12-19(20-6-3-11-26-20)24-18-5-2-1-4-16(17)18/h1-12H,13H2,(H,23,25). The molecule has 4 rings (SSSR count). The van der Waals surface area contributed by atoms with Crippen LogP contribution in [-0.4, -0.2) is 10.9 Å². The molecule has 0 radical (unpaired) electrons. The summed E-state index contributed by atoms with van der Waals surface area (Å²) in [4.78, 5) is 17.5. The van der Waals surface area contributed by atoms with Crippen LogP contribution in [0.25, 0.3) is 22.4 Å². The van der Waals surface area contributed by atoms with E-state index in [-0.39, 0.29) is 5.91 Å². The Labute approximate surface area is 159 Å². The maximum Gasteiger partial charge on any atom is 0.252 e. The predicted molar refractivity (Wildman–Crippen MR) is 105 cm³/mol. The molecular weight excluding hydrogens is 392 g/mol. The van der Waals surface area contributed by atoms with Crippen LogP contribution in [0.3, 0.4) is 0 Å². The molecule has 0 fully saturated rings. The van der Waals surface area contributed by atoms with E-state index >= 15 is 0 Å². The molecule has 0 aliphatic heterocycles. The normalized spacial score (nSPS) is 10.8. The van der Waals surface area contributed by atoms with Crippen molar-refractivity contribution in [2.45, 2.75) is 6.54 Å². The molecule has 2 aromatic carbocycles. The van der Waals surface area contributed by atoms with Crippen LogP contribution in [0.15, 0.2) is 81.9 Å². The van der Waals surface area contributed by atoms with E-state index in [1.54, 1.807) is 18.4 Å². The molecule has 0 aliphatic rings. The number of benzene rings is 2. The molecule has 1 N–H and O–H groups in total. The van der Waals surface area contributed by atoms with Crippen LogP contribution in [-0.2, 0) is 6.54 Å². The first kappa shape index (κ1) is 16.5. The van der Waals surface area contributed by atoms with E-state index in [1.807, 2.05) is 54.6 Å². The number of para-hydroxylation sites is 1. The lowest BCUT2D eigenvalue weighted by Gasteiger charge is -2.10. The number of hydrogen-bond donors (Lipinski definition) is 1. The zero-order chi connectivity index (χ0) is 17.9.